The van der Waals surface area contributed by atoms with Crippen LogP contribution in [0.1, 0.15) is 22.3 Å². The van der Waals surface area contributed by atoms with Crippen LogP contribution in [0.4, 0.5) is 0 Å². The molecule has 3 rings (SSSR count). The highest BCUT2D eigenvalue weighted by molar-refractivity contribution is 7.93. The summed E-state index contributed by atoms with van der Waals surface area (Å²) in [4.78, 5) is 41.7. The van der Waals surface area contributed by atoms with Gasteiger partial charge in [0.1, 0.15) is 5.75 Å². The molecular weight excluding hydrogens is 531 g/mol. The van der Waals surface area contributed by atoms with Gasteiger partial charge in [0, 0.05) is 49.8 Å². The average Bonchev–Trinajstić information content (AvgIpc) is 2.99. The van der Waals surface area contributed by atoms with Crippen molar-refractivity contribution in [3.8, 4) is 5.75 Å². The zero-order chi connectivity index (χ0) is 29.1. The molecule has 9 nitrogen and oxygen atoms in total. The normalized spacial score (nSPS) is 11.1. The third-order valence-corrected chi connectivity index (χ3v) is 9.40. The summed E-state index contributed by atoms with van der Waals surface area (Å²) >= 11 is 0. The molecule has 0 atom stereocenters. The molecule has 0 spiro atoms. The maximum Gasteiger partial charge on any atom is 0.260 e. The summed E-state index contributed by atoms with van der Waals surface area (Å²) in [5.74, 6) is -0.250. The number of nitrogens with zero attached hydrogens (tertiary/aromatic N) is 2. The van der Waals surface area contributed by atoms with E-state index in [1.165, 1.54) is 15.9 Å². The Morgan fingerprint density at radius 3 is 1.82 bits per heavy atom. The fourth-order valence-electron chi connectivity index (χ4n) is 4.12. The monoisotopic (exact) mass is 566 g/mol. The second kappa shape index (κ2) is 14.6. The van der Waals surface area contributed by atoms with E-state index in [1.54, 1.807) is 86.9 Å². The number of aliphatic hydroxyl groups excluding tert-OH is 2. The number of ether oxygens (including phenoxy) is 1. The SMILES string of the molecule is CN(CCO)C(=O)CCc1cc(C(=O)P(=O)(c2ccccc2)c2ccccc2)ccc1OCC(=O)N(C)CCO. The quantitative estimate of drug-likeness (QED) is 0.286. The molecule has 0 aliphatic heterocycles. The molecule has 0 radical (unpaired) electrons. The first kappa shape index (κ1) is 30.8. The van der Waals surface area contributed by atoms with Crippen LogP contribution in [-0.4, -0.2) is 84.4 Å². The highest BCUT2D eigenvalue weighted by atomic mass is 31.2. The Balaban J connectivity index is 1.99. The Morgan fingerprint density at radius 1 is 0.775 bits per heavy atom. The number of hydrogen-bond acceptors (Lipinski definition) is 7. The maximum atomic E-state index is 14.6. The molecule has 10 heteroatoms. The van der Waals surface area contributed by atoms with E-state index in [1.807, 2.05) is 0 Å². The van der Waals surface area contributed by atoms with Crippen LogP contribution in [0.25, 0.3) is 0 Å². The molecule has 2 amide bonds. The van der Waals surface area contributed by atoms with Crippen molar-refractivity contribution >= 4 is 35.1 Å². The van der Waals surface area contributed by atoms with E-state index in [0.29, 0.717) is 21.9 Å². The fourth-order valence-corrected chi connectivity index (χ4v) is 6.58. The topological polar surface area (TPSA) is 124 Å². The summed E-state index contributed by atoms with van der Waals surface area (Å²) in [7, 11) is -0.622. The number of amides is 2. The second-order valence-electron chi connectivity index (χ2n) is 9.27. The predicted molar refractivity (Wildman–Crippen MR) is 154 cm³/mol. The van der Waals surface area contributed by atoms with E-state index < -0.39 is 12.7 Å². The summed E-state index contributed by atoms with van der Waals surface area (Å²) in [6.07, 6.45) is 0.255. The van der Waals surface area contributed by atoms with Crippen LogP contribution in [0.5, 0.6) is 5.75 Å². The van der Waals surface area contributed by atoms with Crippen LogP contribution in [0.3, 0.4) is 0 Å². The van der Waals surface area contributed by atoms with Crippen molar-refractivity contribution in [3.05, 3.63) is 90.0 Å². The van der Waals surface area contributed by atoms with Crippen molar-refractivity contribution in [1.82, 2.24) is 9.80 Å². The molecule has 0 bridgehead atoms. The third-order valence-electron chi connectivity index (χ3n) is 6.51. The highest BCUT2D eigenvalue weighted by Crippen LogP contribution is 2.47. The van der Waals surface area contributed by atoms with Crippen molar-refractivity contribution in [2.75, 3.05) is 47.0 Å². The minimum atomic E-state index is -3.75. The molecule has 0 heterocycles. The Morgan fingerprint density at radius 2 is 1.30 bits per heavy atom. The lowest BCUT2D eigenvalue weighted by atomic mass is 10.0. The van der Waals surface area contributed by atoms with Crippen molar-refractivity contribution in [3.63, 3.8) is 0 Å². The van der Waals surface area contributed by atoms with Gasteiger partial charge in [-0.15, -0.1) is 0 Å². The van der Waals surface area contributed by atoms with Gasteiger partial charge in [0.2, 0.25) is 18.6 Å². The molecule has 0 aromatic heterocycles. The molecule has 0 aliphatic rings. The van der Waals surface area contributed by atoms with Crippen molar-refractivity contribution in [2.24, 2.45) is 0 Å². The van der Waals surface area contributed by atoms with E-state index in [2.05, 4.69) is 0 Å². The van der Waals surface area contributed by atoms with Crippen molar-refractivity contribution in [1.29, 1.82) is 0 Å². The second-order valence-corrected chi connectivity index (χ2v) is 11.9. The van der Waals surface area contributed by atoms with E-state index >= 15 is 0 Å². The number of likely N-dealkylation sites (N-methyl/N-ethyl adjacent to an activating group) is 2. The lowest BCUT2D eigenvalue weighted by molar-refractivity contribution is -0.132. The van der Waals surface area contributed by atoms with Crippen LogP contribution >= 0.6 is 7.14 Å². The van der Waals surface area contributed by atoms with Gasteiger partial charge in [-0.25, -0.2) is 0 Å². The van der Waals surface area contributed by atoms with Crippen LogP contribution in [0.15, 0.2) is 78.9 Å². The Hall–Kier alpha value is -3.78. The summed E-state index contributed by atoms with van der Waals surface area (Å²) in [6, 6.07) is 21.8. The van der Waals surface area contributed by atoms with Gasteiger partial charge in [-0.1, -0.05) is 60.7 Å². The van der Waals surface area contributed by atoms with Crippen LogP contribution in [-0.2, 0) is 20.6 Å². The summed E-state index contributed by atoms with van der Waals surface area (Å²) in [5.41, 5.74) is 0.139. The zero-order valence-corrected chi connectivity index (χ0v) is 23.6. The number of carbonyl (C=O) groups is 3. The van der Waals surface area contributed by atoms with Crippen LogP contribution in [0.2, 0.25) is 0 Å². The van der Waals surface area contributed by atoms with Gasteiger partial charge in [-0.2, -0.15) is 0 Å². The van der Waals surface area contributed by atoms with Gasteiger partial charge in [-0.05, 0) is 30.2 Å². The molecule has 0 aliphatic carbocycles. The van der Waals surface area contributed by atoms with E-state index in [9.17, 15) is 18.9 Å². The number of aliphatic hydroxyl groups is 2. The number of benzene rings is 3. The van der Waals surface area contributed by atoms with Crippen LogP contribution in [0, 0.1) is 0 Å². The van der Waals surface area contributed by atoms with Crippen LogP contribution < -0.4 is 15.3 Å². The number of rotatable bonds is 14. The lowest BCUT2D eigenvalue weighted by Gasteiger charge is -2.20. The van der Waals surface area contributed by atoms with Crippen molar-refractivity contribution in [2.45, 2.75) is 12.8 Å². The first-order valence-electron chi connectivity index (χ1n) is 12.9. The Bertz CT molecular complexity index is 1310. The fraction of sp³-hybridized carbons (Fsp3) is 0.300. The van der Waals surface area contributed by atoms with Gasteiger partial charge in [0.25, 0.3) is 5.91 Å². The molecule has 3 aromatic rings. The molecule has 40 heavy (non-hydrogen) atoms. The van der Waals surface area contributed by atoms with Gasteiger partial charge in [0.05, 0.1) is 13.2 Å². The third kappa shape index (κ3) is 7.45. The average molecular weight is 567 g/mol. The maximum absolute atomic E-state index is 14.6. The van der Waals surface area contributed by atoms with Gasteiger partial charge in [-0.3, -0.25) is 14.4 Å². The van der Waals surface area contributed by atoms with Crippen molar-refractivity contribution < 1.29 is 33.9 Å². The Kier molecular flexibility index (Phi) is 11.2. The smallest absolute Gasteiger partial charge is 0.260 e. The summed E-state index contributed by atoms with van der Waals surface area (Å²) < 4.78 is 20.3. The molecule has 0 saturated heterocycles. The molecular formula is C30H35N2O7P. The van der Waals surface area contributed by atoms with Gasteiger partial charge in [0.15, 0.2) is 6.61 Å². The number of hydrogen-bond donors (Lipinski definition) is 2. The Labute approximate surface area is 234 Å². The standard InChI is InChI=1S/C30H35N2O7P/c1-31(17-19-33)28(35)16-14-23-21-24(13-15-27(23)39-22-29(36)32(2)18-20-34)30(37)40(38,25-9-5-3-6-10-25)26-11-7-4-8-12-26/h3-13,15,21,33-34H,14,16-20,22H2,1-2H3. The highest BCUT2D eigenvalue weighted by Gasteiger charge is 2.36. The van der Waals surface area contributed by atoms with Gasteiger partial charge >= 0.3 is 0 Å². The molecule has 0 unspecified atom stereocenters. The number of aryl methyl sites for hydroxylation is 1. The first-order chi connectivity index (χ1) is 19.2. The lowest BCUT2D eigenvalue weighted by Crippen LogP contribution is -2.33. The number of carbonyl (C=O) groups excluding carboxylic acids is 3. The van der Waals surface area contributed by atoms with E-state index in [-0.39, 0.29) is 63.1 Å². The molecule has 0 fully saturated rings. The minimum Gasteiger partial charge on any atom is -0.483 e. The van der Waals surface area contributed by atoms with E-state index in [4.69, 9.17) is 14.9 Å². The zero-order valence-electron chi connectivity index (χ0n) is 22.7. The minimum absolute atomic E-state index is 0.0674. The summed E-state index contributed by atoms with van der Waals surface area (Å²) in [6.45, 7) is -0.317. The predicted octanol–water partition coefficient (Wildman–Crippen LogP) is 2.05. The largest absolute Gasteiger partial charge is 0.483 e. The molecule has 0 saturated carbocycles. The molecule has 212 valence electrons. The molecule has 3 aromatic carbocycles. The first-order valence-corrected chi connectivity index (χ1v) is 14.6. The summed E-state index contributed by atoms with van der Waals surface area (Å²) in [5, 5.41) is 19.1. The molecule has 2 N–H and O–H groups in total. The van der Waals surface area contributed by atoms with E-state index in [0.717, 1.165) is 0 Å². The van der Waals surface area contributed by atoms with Gasteiger partial charge < -0.3 is 29.3 Å².